The number of hydrogen-bond donors (Lipinski definition) is 0. The highest BCUT2D eigenvalue weighted by atomic mass is 16.5. The van der Waals surface area contributed by atoms with Crippen molar-refractivity contribution < 1.29 is 14.1 Å². The number of likely N-dealkylation sites (tertiary alicyclic amines) is 1. The third-order valence-corrected chi connectivity index (χ3v) is 5.21. The Kier molecular flexibility index (Phi) is 5.02. The molecule has 0 spiro atoms. The number of carbonyl (C=O) groups excluding carboxylic acids is 1. The Morgan fingerprint density at radius 1 is 1.26 bits per heavy atom. The maximum absolute atomic E-state index is 12.6. The van der Waals surface area contributed by atoms with Gasteiger partial charge in [-0.25, -0.2) is 0 Å². The van der Waals surface area contributed by atoms with E-state index < -0.39 is 0 Å². The fourth-order valence-corrected chi connectivity index (χ4v) is 3.79. The highest BCUT2D eigenvalue weighted by molar-refractivity contribution is 5.77. The topological polar surface area (TPSA) is 58.8 Å². The van der Waals surface area contributed by atoms with Gasteiger partial charge in [-0.2, -0.15) is 0 Å². The number of aromatic nitrogens is 1. The summed E-state index contributed by atoms with van der Waals surface area (Å²) in [4.78, 5) is 17.1. The summed E-state index contributed by atoms with van der Waals surface area (Å²) in [6.45, 7) is 11.4. The molecule has 0 N–H and O–H groups in total. The van der Waals surface area contributed by atoms with Crippen LogP contribution in [0.1, 0.15) is 30.4 Å². The van der Waals surface area contributed by atoms with E-state index >= 15 is 0 Å². The van der Waals surface area contributed by atoms with Gasteiger partial charge in [0.05, 0.1) is 18.9 Å². The van der Waals surface area contributed by atoms with Gasteiger partial charge in [-0.15, -0.1) is 0 Å². The van der Waals surface area contributed by atoms with Crippen LogP contribution in [0.15, 0.2) is 4.52 Å². The number of hydrogen-bond acceptors (Lipinski definition) is 5. The van der Waals surface area contributed by atoms with Crippen LogP contribution in [0.25, 0.3) is 0 Å². The summed E-state index contributed by atoms with van der Waals surface area (Å²) >= 11 is 0. The molecule has 128 valence electrons. The molecule has 6 heteroatoms. The number of ether oxygens (including phenoxy) is 1. The van der Waals surface area contributed by atoms with Gasteiger partial charge in [-0.3, -0.25) is 9.69 Å². The van der Waals surface area contributed by atoms with Crippen LogP contribution < -0.4 is 0 Å². The zero-order valence-electron chi connectivity index (χ0n) is 14.4. The van der Waals surface area contributed by atoms with Crippen LogP contribution in [0.4, 0.5) is 0 Å². The normalized spacial score (nSPS) is 26.0. The van der Waals surface area contributed by atoms with Gasteiger partial charge in [0, 0.05) is 44.2 Å². The van der Waals surface area contributed by atoms with E-state index in [2.05, 4.69) is 17.0 Å². The van der Waals surface area contributed by atoms with E-state index in [0.717, 1.165) is 56.4 Å². The van der Waals surface area contributed by atoms with Gasteiger partial charge < -0.3 is 14.2 Å². The van der Waals surface area contributed by atoms with Gasteiger partial charge >= 0.3 is 0 Å². The SMILES string of the molecule is Cc1noc(C)c1CCC(=O)N1CC(C)C(N2CCOCC2)C1. The fourth-order valence-electron chi connectivity index (χ4n) is 3.79. The largest absolute Gasteiger partial charge is 0.379 e. The average Bonchev–Trinajstić information content (AvgIpc) is 3.09. The molecule has 0 aromatic carbocycles. The van der Waals surface area contributed by atoms with Crippen molar-refractivity contribution in [2.24, 2.45) is 5.92 Å². The number of amides is 1. The Hall–Kier alpha value is -1.40. The first-order valence-electron chi connectivity index (χ1n) is 8.57. The van der Waals surface area contributed by atoms with E-state index in [1.165, 1.54) is 0 Å². The van der Waals surface area contributed by atoms with Crippen molar-refractivity contribution in [2.75, 3.05) is 39.4 Å². The molecule has 2 unspecified atom stereocenters. The summed E-state index contributed by atoms with van der Waals surface area (Å²) in [6, 6.07) is 0.474. The first kappa shape index (κ1) is 16.5. The first-order chi connectivity index (χ1) is 11.1. The number of aryl methyl sites for hydroxylation is 2. The molecule has 3 heterocycles. The van der Waals surface area contributed by atoms with Crippen LogP contribution in [-0.2, 0) is 16.0 Å². The van der Waals surface area contributed by atoms with Crippen molar-refractivity contribution in [3.8, 4) is 0 Å². The summed E-state index contributed by atoms with van der Waals surface area (Å²) in [5, 5.41) is 3.96. The number of nitrogens with zero attached hydrogens (tertiary/aromatic N) is 3. The lowest BCUT2D eigenvalue weighted by molar-refractivity contribution is -0.130. The molecule has 2 aliphatic rings. The molecule has 1 amide bonds. The van der Waals surface area contributed by atoms with Gasteiger partial charge in [0.25, 0.3) is 0 Å². The predicted octanol–water partition coefficient (Wildman–Crippen LogP) is 1.40. The second kappa shape index (κ2) is 7.01. The van der Waals surface area contributed by atoms with E-state index in [4.69, 9.17) is 9.26 Å². The molecule has 2 atom stereocenters. The Labute approximate surface area is 137 Å². The smallest absolute Gasteiger partial charge is 0.222 e. The predicted molar refractivity (Wildman–Crippen MR) is 86.2 cm³/mol. The molecular weight excluding hydrogens is 294 g/mol. The molecule has 1 aromatic heterocycles. The molecule has 0 saturated carbocycles. The Morgan fingerprint density at radius 3 is 2.65 bits per heavy atom. The van der Waals surface area contributed by atoms with Crippen LogP contribution in [0, 0.1) is 19.8 Å². The average molecular weight is 321 g/mol. The van der Waals surface area contributed by atoms with Crippen molar-refractivity contribution in [1.82, 2.24) is 15.0 Å². The summed E-state index contributed by atoms with van der Waals surface area (Å²) in [5.74, 6) is 1.60. The third kappa shape index (κ3) is 3.58. The standard InChI is InChI=1S/C17H27N3O3/c1-12-10-20(11-16(12)19-6-8-22-9-7-19)17(21)5-4-15-13(2)18-23-14(15)3/h12,16H,4-11H2,1-3H3. The number of morpholine rings is 1. The lowest BCUT2D eigenvalue weighted by Crippen LogP contribution is -2.47. The van der Waals surface area contributed by atoms with Gasteiger partial charge in [0.2, 0.25) is 5.91 Å². The monoisotopic (exact) mass is 321 g/mol. The molecule has 6 nitrogen and oxygen atoms in total. The zero-order valence-corrected chi connectivity index (χ0v) is 14.4. The number of carbonyl (C=O) groups is 1. The van der Waals surface area contributed by atoms with Crippen molar-refractivity contribution in [3.63, 3.8) is 0 Å². The van der Waals surface area contributed by atoms with E-state index in [1.807, 2.05) is 18.7 Å². The Morgan fingerprint density at radius 2 is 2.00 bits per heavy atom. The second-order valence-electron chi connectivity index (χ2n) is 6.79. The van der Waals surface area contributed by atoms with Gasteiger partial charge in [-0.1, -0.05) is 12.1 Å². The van der Waals surface area contributed by atoms with Crippen molar-refractivity contribution >= 4 is 5.91 Å². The van der Waals surface area contributed by atoms with E-state index in [0.29, 0.717) is 24.8 Å². The van der Waals surface area contributed by atoms with Crippen LogP contribution >= 0.6 is 0 Å². The lowest BCUT2D eigenvalue weighted by atomic mass is 10.0. The quantitative estimate of drug-likeness (QED) is 0.839. The van der Waals surface area contributed by atoms with Gasteiger partial charge in [-0.05, 0) is 26.2 Å². The van der Waals surface area contributed by atoms with Crippen LogP contribution in [0.3, 0.4) is 0 Å². The summed E-state index contributed by atoms with van der Waals surface area (Å²) in [5.41, 5.74) is 1.98. The second-order valence-corrected chi connectivity index (χ2v) is 6.79. The first-order valence-corrected chi connectivity index (χ1v) is 8.57. The Balaban J connectivity index is 1.54. The maximum atomic E-state index is 12.6. The zero-order chi connectivity index (χ0) is 16.4. The summed E-state index contributed by atoms with van der Waals surface area (Å²) in [6.07, 6.45) is 1.25. The molecule has 2 saturated heterocycles. The molecule has 0 bridgehead atoms. The number of rotatable bonds is 4. The van der Waals surface area contributed by atoms with E-state index in [9.17, 15) is 4.79 Å². The maximum Gasteiger partial charge on any atom is 0.222 e. The third-order valence-electron chi connectivity index (χ3n) is 5.21. The van der Waals surface area contributed by atoms with Crippen LogP contribution in [-0.4, -0.2) is 66.3 Å². The minimum absolute atomic E-state index is 0.243. The highest BCUT2D eigenvalue weighted by Crippen LogP contribution is 2.24. The van der Waals surface area contributed by atoms with Crippen LogP contribution in [0.2, 0.25) is 0 Å². The molecule has 2 aliphatic heterocycles. The molecule has 3 rings (SSSR count). The summed E-state index contributed by atoms with van der Waals surface area (Å²) < 4.78 is 10.6. The highest BCUT2D eigenvalue weighted by Gasteiger charge is 2.36. The molecule has 23 heavy (non-hydrogen) atoms. The lowest BCUT2D eigenvalue weighted by Gasteiger charge is -2.34. The minimum atomic E-state index is 0.243. The Bertz CT molecular complexity index is 532. The molecule has 0 radical (unpaired) electrons. The molecule has 0 aliphatic carbocycles. The summed E-state index contributed by atoms with van der Waals surface area (Å²) in [7, 11) is 0. The van der Waals surface area contributed by atoms with Crippen LogP contribution in [0.5, 0.6) is 0 Å². The van der Waals surface area contributed by atoms with Crippen molar-refractivity contribution in [3.05, 3.63) is 17.0 Å². The van der Waals surface area contributed by atoms with E-state index in [1.54, 1.807) is 0 Å². The fraction of sp³-hybridized carbons (Fsp3) is 0.765. The molecule has 2 fully saturated rings. The minimum Gasteiger partial charge on any atom is -0.379 e. The van der Waals surface area contributed by atoms with Crippen molar-refractivity contribution in [1.29, 1.82) is 0 Å². The molecular formula is C17H27N3O3. The van der Waals surface area contributed by atoms with Gasteiger partial charge in [0.1, 0.15) is 5.76 Å². The van der Waals surface area contributed by atoms with E-state index in [-0.39, 0.29) is 5.91 Å². The molecule has 1 aromatic rings. The van der Waals surface area contributed by atoms with Crippen molar-refractivity contribution in [2.45, 2.75) is 39.7 Å². The van der Waals surface area contributed by atoms with Gasteiger partial charge in [0.15, 0.2) is 0 Å².